The van der Waals surface area contributed by atoms with Crippen LogP contribution in [0.4, 0.5) is 5.69 Å². The van der Waals surface area contributed by atoms with Crippen LogP contribution in [0.15, 0.2) is 54.7 Å². The normalized spacial score (nSPS) is 14.5. The van der Waals surface area contributed by atoms with Crippen molar-refractivity contribution in [2.45, 2.75) is 32.4 Å². The lowest BCUT2D eigenvalue weighted by molar-refractivity contribution is 0.102. The standard InChI is InChI=1S/C22H25N5O2/c1-16-5-2-3-6-17(16)15-29-20-8-4-7-18(13-20)24-22(28)21-14-27(26-25-21)19-9-11-23-12-10-19/h2-8,13-14,19,23H,9-12,15H2,1H3,(H,24,28). The van der Waals surface area contributed by atoms with E-state index in [9.17, 15) is 4.79 Å². The van der Waals surface area contributed by atoms with Gasteiger partial charge in [0.05, 0.1) is 12.2 Å². The van der Waals surface area contributed by atoms with E-state index < -0.39 is 0 Å². The first-order valence-electron chi connectivity index (χ1n) is 9.90. The number of nitrogens with one attached hydrogen (secondary N) is 2. The molecule has 2 heterocycles. The van der Waals surface area contributed by atoms with Crippen LogP contribution in [0.5, 0.6) is 5.75 Å². The van der Waals surface area contributed by atoms with Crippen LogP contribution in [0.3, 0.4) is 0 Å². The number of rotatable bonds is 6. The van der Waals surface area contributed by atoms with Gasteiger partial charge < -0.3 is 15.4 Å². The molecule has 0 unspecified atom stereocenters. The maximum atomic E-state index is 12.6. The molecule has 29 heavy (non-hydrogen) atoms. The van der Waals surface area contributed by atoms with Gasteiger partial charge in [0.2, 0.25) is 0 Å². The summed E-state index contributed by atoms with van der Waals surface area (Å²) >= 11 is 0. The quantitative estimate of drug-likeness (QED) is 0.674. The summed E-state index contributed by atoms with van der Waals surface area (Å²) in [4.78, 5) is 12.6. The number of anilines is 1. The first-order valence-corrected chi connectivity index (χ1v) is 9.90. The molecule has 1 aromatic heterocycles. The number of benzene rings is 2. The molecule has 2 N–H and O–H groups in total. The van der Waals surface area contributed by atoms with Gasteiger partial charge in [-0.05, 0) is 56.1 Å². The molecule has 1 aliphatic rings. The number of carbonyl (C=O) groups is 1. The molecule has 7 heteroatoms. The minimum atomic E-state index is -0.277. The molecule has 150 valence electrons. The van der Waals surface area contributed by atoms with E-state index in [4.69, 9.17) is 4.74 Å². The van der Waals surface area contributed by atoms with Crippen molar-refractivity contribution in [2.24, 2.45) is 0 Å². The molecule has 1 fully saturated rings. The second kappa shape index (κ2) is 8.87. The lowest BCUT2D eigenvalue weighted by atomic mass is 10.1. The maximum absolute atomic E-state index is 12.6. The van der Waals surface area contributed by atoms with Crippen molar-refractivity contribution in [1.29, 1.82) is 0 Å². The van der Waals surface area contributed by atoms with Gasteiger partial charge in [-0.2, -0.15) is 0 Å². The van der Waals surface area contributed by atoms with Gasteiger partial charge in [-0.15, -0.1) is 5.10 Å². The molecule has 2 aromatic carbocycles. The summed E-state index contributed by atoms with van der Waals surface area (Å²) in [6, 6.07) is 15.8. The average Bonchev–Trinajstić information content (AvgIpc) is 3.25. The molecule has 1 amide bonds. The Morgan fingerprint density at radius 1 is 1.21 bits per heavy atom. The van der Waals surface area contributed by atoms with Crippen LogP contribution in [0.1, 0.15) is 40.5 Å². The summed E-state index contributed by atoms with van der Waals surface area (Å²) in [5.74, 6) is 0.422. The largest absolute Gasteiger partial charge is 0.489 e. The van der Waals surface area contributed by atoms with Crippen molar-refractivity contribution in [3.8, 4) is 5.75 Å². The number of aryl methyl sites for hydroxylation is 1. The second-order valence-electron chi connectivity index (χ2n) is 7.26. The lowest BCUT2D eigenvalue weighted by Gasteiger charge is -2.22. The SMILES string of the molecule is Cc1ccccc1COc1cccc(NC(=O)c2cn(C3CCNCC3)nn2)c1. The van der Waals surface area contributed by atoms with E-state index in [0.29, 0.717) is 29.8 Å². The Bertz CT molecular complexity index is 979. The molecular formula is C22H25N5O2. The predicted molar refractivity (Wildman–Crippen MR) is 111 cm³/mol. The van der Waals surface area contributed by atoms with E-state index in [-0.39, 0.29) is 5.91 Å². The van der Waals surface area contributed by atoms with E-state index in [1.807, 2.05) is 42.5 Å². The summed E-state index contributed by atoms with van der Waals surface area (Å²) in [7, 11) is 0. The zero-order chi connectivity index (χ0) is 20.1. The minimum Gasteiger partial charge on any atom is -0.489 e. The fourth-order valence-electron chi connectivity index (χ4n) is 3.42. The first-order chi connectivity index (χ1) is 14.2. The number of aromatic nitrogens is 3. The smallest absolute Gasteiger partial charge is 0.277 e. The highest BCUT2D eigenvalue weighted by Gasteiger charge is 2.19. The monoisotopic (exact) mass is 391 g/mol. The van der Waals surface area contributed by atoms with Gasteiger partial charge in [-0.3, -0.25) is 4.79 Å². The summed E-state index contributed by atoms with van der Waals surface area (Å²) < 4.78 is 7.70. The molecule has 0 atom stereocenters. The van der Waals surface area contributed by atoms with Gasteiger partial charge in [-0.25, -0.2) is 4.68 Å². The third-order valence-electron chi connectivity index (χ3n) is 5.17. The number of ether oxygens (including phenoxy) is 1. The summed E-state index contributed by atoms with van der Waals surface area (Å²) in [5.41, 5.74) is 3.30. The number of piperidine rings is 1. The van der Waals surface area contributed by atoms with E-state index >= 15 is 0 Å². The summed E-state index contributed by atoms with van der Waals surface area (Å²) in [6.45, 7) is 4.46. The second-order valence-corrected chi connectivity index (χ2v) is 7.26. The zero-order valence-corrected chi connectivity index (χ0v) is 16.5. The fourth-order valence-corrected chi connectivity index (χ4v) is 3.42. The van der Waals surface area contributed by atoms with Gasteiger partial charge in [0.15, 0.2) is 5.69 Å². The van der Waals surface area contributed by atoms with Crippen LogP contribution in [0, 0.1) is 6.92 Å². The van der Waals surface area contributed by atoms with Crippen molar-refractivity contribution in [3.63, 3.8) is 0 Å². The molecule has 0 radical (unpaired) electrons. The van der Waals surface area contributed by atoms with Gasteiger partial charge in [0, 0.05) is 11.8 Å². The molecule has 1 aliphatic heterocycles. The average molecular weight is 391 g/mol. The highest BCUT2D eigenvalue weighted by molar-refractivity contribution is 6.02. The van der Waals surface area contributed by atoms with Gasteiger partial charge in [0.25, 0.3) is 5.91 Å². The van der Waals surface area contributed by atoms with Crippen LogP contribution in [0.25, 0.3) is 0 Å². The van der Waals surface area contributed by atoms with Crippen LogP contribution in [0.2, 0.25) is 0 Å². The van der Waals surface area contributed by atoms with Gasteiger partial charge in [0.1, 0.15) is 12.4 Å². The molecule has 1 saturated heterocycles. The number of nitrogens with zero attached hydrogens (tertiary/aromatic N) is 3. The van der Waals surface area contributed by atoms with Crippen molar-refractivity contribution >= 4 is 11.6 Å². The molecular weight excluding hydrogens is 366 g/mol. The fraction of sp³-hybridized carbons (Fsp3) is 0.318. The summed E-state index contributed by atoms with van der Waals surface area (Å²) in [6.07, 6.45) is 3.71. The topological polar surface area (TPSA) is 81.1 Å². The number of carbonyl (C=O) groups excluding carboxylic acids is 1. The van der Waals surface area contributed by atoms with Crippen LogP contribution in [-0.2, 0) is 6.61 Å². The Morgan fingerprint density at radius 3 is 2.86 bits per heavy atom. The minimum absolute atomic E-state index is 0.277. The Hall–Kier alpha value is -3.19. The third kappa shape index (κ3) is 4.81. The Kier molecular flexibility index (Phi) is 5.86. The first kappa shape index (κ1) is 19.1. The lowest BCUT2D eigenvalue weighted by Crippen LogP contribution is -2.29. The molecule has 7 nitrogen and oxygen atoms in total. The Balaban J connectivity index is 1.38. The van der Waals surface area contributed by atoms with Crippen LogP contribution in [-0.4, -0.2) is 34.0 Å². The van der Waals surface area contributed by atoms with Gasteiger partial charge in [-0.1, -0.05) is 35.5 Å². The number of hydrogen-bond acceptors (Lipinski definition) is 5. The molecule has 0 bridgehead atoms. The van der Waals surface area contributed by atoms with E-state index in [2.05, 4.69) is 33.9 Å². The molecule has 0 saturated carbocycles. The maximum Gasteiger partial charge on any atom is 0.277 e. The molecule has 0 spiro atoms. The highest BCUT2D eigenvalue weighted by atomic mass is 16.5. The van der Waals surface area contributed by atoms with E-state index in [0.717, 1.165) is 31.5 Å². The predicted octanol–water partition coefficient (Wildman–Crippen LogP) is 3.34. The van der Waals surface area contributed by atoms with E-state index in [1.54, 1.807) is 10.9 Å². The Morgan fingerprint density at radius 2 is 2.03 bits per heavy atom. The molecule has 0 aliphatic carbocycles. The molecule has 3 aromatic rings. The third-order valence-corrected chi connectivity index (χ3v) is 5.17. The Labute approximate surface area is 170 Å². The number of amides is 1. The van der Waals surface area contributed by atoms with Crippen molar-refractivity contribution < 1.29 is 9.53 Å². The van der Waals surface area contributed by atoms with E-state index in [1.165, 1.54) is 5.56 Å². The van der Waals surface area contributed by atoms with Crippen molar-refractivity contribution in [2.75, 3.05) is 18.4 Å². The van der Waals surface area contributed by atoms with Crippen molar-refractivity contribution in [3.05, 3.63) is 71.5 Å². The zero-order valence-electron chi connectivity index (χ0n) is 16.5. The molecule has 4 rings (SSSR count). The van der Waals surface area contributed by atoms with Crippen LogP contribution >= 0.6 is 0 Å². The highest BCUT2D eigenvalue weighted by Crippen LogP contribution is 2.21. The van der Waals surface area contributed by atoms with Crippen molar-refractivity contribution in [1.82, 2.24) is 20.3 Å². The van der Waals surface area contributed by atoms with Crippen LogP contribution < -0.4 is 15.4 Å². The number of hydrogen-bond donors (Lipinski definition) is 2. The van der Waals surface area contributed by atoms with Gasteiger partial charge >= 0.3 is 0 Å². The summed E-state index contributed by atoms with van der Waals surface area (Å²) in [5, 5.41) is 14.4.